The number of nitrogens with zero attached hydrogens (tertiary/aromatic N) is 2. The first-order valence-corrected chi connectivity index (χ1v) is 11.3. The van der Waals surface area contributed by atoms with Crippen molar-refractivity contribution in [2.75, 3.05) is 0 Å². The summed E-state index contributed by atoms with van der Waals surface area (Å²) >= 11 is -2.29. The molecule has 0 aliphatic rings. The summed E-state index contributed by atoms with van der Waals surface area (Å²) < 4.78 is 3.86. The van der Waals surface area contributed by atoms with Gasteiger partial charge in [0.05, 0.1) is 0 Å². The first kappa shape index (κ1) is 18.0. The number of rotatable bonds is 3. The summed E-state index contributed by atoms with van der Waals surface area (Å²) in [5.74, 6) is 0. The summed E-state index contributed by atoms with van der Waals surface area (Å²) in [6.07, 6.45) is 3.76. The van der Waals surface area contributed by atoms with Crippen molar-refractivity contribution in [1.29, 1.82) is 0 Å². The van der Waals surface area contributed by atoms with E-state index in [9.17, 15) is 0 Å². The van der Waals surface area contributed by atoms with E-state index in [2.05, 4.69) is 64.6 Å². The van der Waals surface area contributed by atoms with Gasteiger partial charge in [0.1, 0.15) is 0 Å². The van der Waals surface area contributed by atoms with Crippen molar-refractivity contribution in [1.82, 2.24) is 9.97 Å². The topological polar surface area (TPSA) is 25.8 Å². The predicted octanol–water partition coefficient (Wildman–Crippen LogP) is -5.00. The summed E-state index contributed by atoms with van der Waals surface area (Å²) in [6, 6.07) is 23.0. The molecule has 0 spiro atoms. The Morgan fingerprint density at radius 3 is 1.48 bits per heavy atom. The fourth-order valence-electron chi connectivity index (χ4n) is 1.93. The molecule has 0 N–H and O–H groups in total. The molecule has 2 nitrogen and oxygen atoms in total. The molecule has 2 aromatic heterocycles. The van der Waals surface area contributed by atoms with Crippen molar-refractivity contribution in [3.05, 3.63) is 79.1 Å². The molecule has 3 rings (SSSR count). The molecule has 0 amide bonds. The van der Waals surface area contributed by atoms with Crippen LogP contribution in [-0.2, 0) is 0 Å². The van der Waals surface area contributed by atoms with Crippen molar-refractivity contribution >= 4 is 31.8 Å². The Bertz CT molecular complexity index is 542. The maximum atomic E-state index is 4.58. The first-order valence-electron chi connectivity index (χ1n) is 6.12. The van der Waals surface area contributed by atoms with Crippen LogP contribution in [0.3, 0.4) is 0 Å². The number of pyridine rings is 2. The fourth-order valence-corrected chi connectivity index (χ4v) is 9.97. The molecule has 0 aliphatic heterocycles. The van der Waals surface area contributed by atoms with Crippen LogP contribution in [0, 0.1) is 0 Å². The number of hydrogen-bond acceptors (Lipinski definition) is 2. The maximum absolute atomic E-state index is 4.58. The average molecular weight is 513 g/mol. The quantitative estimate of drug-likeness (QED) is 0.329. The van der Waals surface area contributed by atoms with Crippen molar-refractivity contribution in [2.45, 2.75) is 0 Å². The summed E-state index contributed by atoms with van der Waals surface area (Å²) in [5, 5.41) is 0. The minimum absolute atomic E-state index is 0. The first-order chi connectivity index (χ1) is 9.45. The third-order valence-corrected chi connectivity index (χ3v) is 11.6. The molecule has 21 heavy (non-hydrogen) atoms. The van der Waals surface area contributed by atoms with Gasteiger partial charge in [0.15, 0.2) is 0 Å². The van der Waals surface area contributed by atoms with E-state index in [4.69, 9.17) is 0 Å². The number of hydrogen-bond donors (Lipinski definition) is 0. The monoisotopic (exact) mass is 512 g/mol. The molecule has 0 radical (unpaired) electrons. The zero-order valence-electron chi connectivity index (χ0n) is 11.1. The molecule has 2 heterocycles. The predicted molar refractivity (Wildman–Crippen MR) is 79.6 cm³/mol. The second-order valence-corrected chi connectivity index (χ2v) is 12.2. The number of halogens is 2. The normalized spacial score (nSPS) is 9.14. The fraction of sp³-hybridized carbons (Fsp3) is 0. The van der Waals surface area contributed by atoms with Crippen LogP contribution in [0.1, 0.15) is 0 Å². The molecule has 0 saturated carbocycles. The van der Waals surface area contributed by atoms with Crippen LogP contribution in [0.25, 0.3) is 0 Å². The second kappa shape index (κ2) is 9.09. The molecule has 5 heteroatoms. The third kappa shape index (κ3) is 4.47. The van der Waals surface area contributed by atoms with Crippen LogP contribution in [-0.4, -0.2) is 31.7 Å². The van der Waals surface area contributed by atoms with E-state index >= 15 is 0 Å². The van der Waals surface area contributed by atoms with Gasteiger partial charge in [0, 0.05) is 0 Å². The van der Waals surface area contributed by atoms with Gasteiger partial charge in [-0.05, 0) is 0 Å². The van der Waals surface area contributed by atoms with Crippen LogP contribution in [0.2, 0.25) is 0 Å². The van der Waals surface area contributed by atoms with Gasteiger partial charge in [-0.1, -0.05) is 0 Å². The summed E-state index contributed by atoms with van der Waals surface area (Å²) in [4.78, 5) is 9.16. The molecule has 0 fully saturated rings. The van der Waals surface area contributed by atoms with E-state index in [1.165, 1.54) is 10.1 Å². The number of benzene rings is 1. The Hall–Kier alpha value is -1.02. The molecular weight excluding hydrogens is 500 g/mol. The van der Waals surface area contributed by atoms with Gasteiger partial charge in [-0.3, -0.25) is 0 Å². The van der Waals surface area contributed by atoms with Gasteiger partial charge in [0.2, 0.25) is 0 Å². The molecule has 1 aromatic carbocycles. The van der Waals surface area contributed by atoms with E-state index < -0.39 is 21.8 Å². The molecule has 106 valence electrons. The van der Waals surface area contributed by atoms with Crippen LogP contribution >= 0.6 is 0 Å². The molecule has 0 unspecified atom stereocenters. The second-order valence-electron chi connectivity index (χ2n) is 4.05. The van der Waals surface area contributed by atoms with E-state index in [-0.39, 0.29) is 24.8 Å². The summed E-state index contributed by atoms with van der Waals surface area (Å²) in [6.45, 7) is 0. The zero-order chi connectivity index (χ0) is 12.9. The average Bonchev–Trinajstić information content (AvgIpc) is 2.51. The van der Waals surface area contributed by atoms with Crippen LogP contribution in [0.15, 0.2) is 79.1 Å². The van der Waals surface area contributed by atoms with E-state index in [0.717, 1.165) is 0 Å². The molecule has 3 aromatic rings. The van der Waals surface area contributed by atoms with Gasteiger partial charge in [0.25, 0.3) is 0 Å². The van der Waals surface area contributed by atoms with E-state index in [1.807, 2.05) is 24.5 Å². The Morgan fingerprint density at radius 2 is 1.05 bits per heavy atom. The van der Waals surface area contributed by atoms with Crippen molar-refractivity contribution in [2.24, 2.45) is 0 Å². The Balaban J connectivity index is 0.00000110. The van der Waals surface area contributed by atoms with Gasteiger partial charge in [-0.25, -0.2) is 0 Å². The minimum atomic E-state index is -2.29. The molecule has 0 saturated heterocycles. The van der Waals surface area contributed by atoms with E-state index in [1.54, 1.807) is 0 Å². The van der Waals surface area contributed by atoms with Crippen molar-refractivity contribution in [3.63, 3.8) is 0 Å². The van der Waals surface area contributed by atoms with Gasteiger partial charge in [-0.15, -0.1) is 0 Å². The van der Waals surface area contributed by atoms with Crippen molar-refractivity contribution in [3.8, 4) is 0 Å². The van der Waals surface area contributed by atoms with Gasteiger partial charge < -0.3 is 24.8 Å². The van der Waals surface area contributed by atoms with E-state index in [0.29, 0.717) is 0 Å². The van der Waals surface area contributed by atoms with Crippen LogP contribution in [0.4, 0.5) is 0 Å². The van der Waals surface area contributed by atoms with Crippen LogP contribution < -0.4 is 34.9 Å². The zero-order valence-corrected chi connectivity index (χ0v) is 16.1. The van der Waals surface area contributed by atoms with Gasteiger partial charge >= 0.3 is 121 Å². The molecular formula is C16H13BiCl2N2. The number of aromatic nitrogens is 2. The Morgan fingerprint density at radius 1 is 0.571 bits per heavy atom. The van der Waals surface area contributed by atoms with Crippen molar-refractivity contribution < 1.29 is 24.8 Å². The molecule has 0 atom stereocenters. The molecule has 0 bridgehead atoms. The summed E-state index contributed by atoms with van der Waals surface area (Å²) in [5.41, 5.74) is 0. The summed E-state index contributed by atoms with van der Waals surface area (Å²) in [7, 11) is 0. The molecule has 0 aliphatic carbocycles. The SMILES string of the molecule is [Cl-].[Cl-].c1cc[c]([Bi+2]([c]2ccccn2)[c]2ccccn2)cc1. The standard InChI is InChI=1S/C6H5.2C5H4N.Bi.2ClH/c3*1-2-4-6-5-3-1;;;/h1-5H;2*1-4H;;2*1H/q;;;+2;;/p-2. The Labute approximate surface area is 145 Å². The van der Waals surface area contributed by atoms with Crippen LogP contribution in [0.5, 0.6) is 0 Å². The Kier molecular flexibility index (Phi) is 7.81. The van der Waals surface area contributed by atoms with Gasteiger partial charge in [-0.2, -0.15) is 0 Å². The third-order valence-electron chi connectivity index (χ3n) is 2.77.